The molecular weight excluding hydrogens is 406 g/mol. The Labute approximate surface area is 165 Å². The summed E-state index contributed by atoms with van der Waals surface area (Å²) >= 11 is 3.35. The van der Waals surface area contributed by atoms with Crippen LogP contribution in [0.15, 0.2) is 94.6 Å². The number of hydrogen-bond donors (Lipinski definition) is 1. The molecule has 0 amide bonds. The number of carbonyl (C=O) groups excluding carboxylic acids is 1. The molecule has 0 saturated heterocycles. The number of aliphatic hydroxyl groups is 1. The molecule has 27 heavy (non-hydrogen) atoms. The summed E-state index contributed by atoms with van der Waals surface area (Å²) in [6.07, 6.45) is 0. The van der Waals surface area contributed by atoms with E-state index in [-0.39, 0.29) is 0 Å². The standard InChI is InChI=1S/C22H16BrNO3/c23-18-13-11-17(12-14-18)21(25)22(26)19(15-7-3-1-4-8-15)20(24-27-22)16-9-5-2-6-10-16/h1-14,19,26H/t19-,22+/m1/s1. The third-order valence-electron chi connectivity index (χ3n) is 4.58. The lowest BCUT2D eigenvalue weighted by Gasteiger charge is -2.27. The van der Waals surface area contributed by atoms with Gasteiger partial charge in [-0.1, -0.05) is 93.9 Å². The fraction of sp³-hybridized carbons (Fsp3) is 0.0909. The van der Waals surface area contributed by atoms with Gasteiger partial charge < -0.3 is 9.94 Å². The maximum atomic E-state index is 13.2. The smallest absolute Gasteiger partial charge is 0.310 e. The number of nitrogens with zero attached hydrogens (tertiary/aromatic N) is 1. The summed E-state index contributed by atoms with van der Waals surface area (Å²) in [5, 5.41) is 15.4. The van der Waals surface area contributed by atoms with Crippen molar-refractivity contribution in [2.24, 2.45) is 5.16 Å². The molecule has 3 aromatic carbocycles. The molecule has 0 radical (unpaired) electrons. The number of benzene rings is 3. The van der Waals surface area contributed by atoms with E-state index in [1.807, 2.05) is 60.7 Å². The van der Waals surface area contributed by atoms with Crippen LogP contribution in [0, 0.1) is 0 Å². The topological polar surface area (TPSA) is 58.9 Å². The molecule has 3 aromatic rings. The fourth-order valence-corrected chi connectivity index (χ4v) is 3.51. The van der Waals surface area contributed by atoms with Gasteiger partial charge in [-0.3, -0.25) is 4.79 Å². The van der Waals surface area contributed by atoms with Crippen molar-refractivity contribution in [1.29, 1.82) is 0 Å². The van der Waals surface area contributed by atoms with Gasteiger partial charge in [0.25, 0.3) is 0 Å². The Morgan fingerprint density at radius 2 is 1.52 bits per heavy atom. The molecule has 2 atom stereocenters. The highest BCUT2D eigenvalue weighted by Crippen LogP contribution is 2.40. The van der Waals surface area contributed by atoms with Crippen molar-refractivity contribution in [2.45, 2.75) is 11.7 Å². The second-order valence-corrected chi connectivity index (χ2v) is 7.23. The van der Waals surface area contributed by atoms with Gasteiger partial charge in [0.1, 0.15) is 11.6 Å². The average molecular weight is 422 g/mol. The molecule has 0 bridgehead atoms. The summed E-state index contributed by atoms with van der Waals surface area (Å²) in [6, 6.07) is 25.6. The normalized spacial score (nSPS) is 21.4. The first-order valence-corrected chi connectivity index (χ1v) is 9.28. The number of Topliss-reactive ketones (excluding diaryl/α,β-unsaturated/α-hetero) is 1. The van der Waals surface area contributed by atoms with Crippen LogP contribution in [0.4, 0.5) is 0 Å². The van der Waals surface area contributed by atoms with Crippen LogP contribution in [0.25, 0.3) is 0 Å². The van der Waals surface area contributed by atoms with Gasteiger partial charge in [0.15, 0.2) is 0 Å². The molecule has 5 heteroatoms. The van der Waals surface area contributed by atoms with E-state index < -0.39 is 17.5 Å². The predicted octanol–water partition coefficient (Wildman–Crippen LogP) is 4.54. The minimum Gasteiger partial charge on any atom is -0.350 e. The number of oxime groups is 1. The molecule has 0 spiro atoms. The molecule has 1 heterocycles. The molecule has 1 N–H and O–H groups in total. The highest BCUT2D eigenvalue weighted by Gasteiger charge is 2.54. The zero-order valence-corrected chi connectivity index (χ0v) is 15.8. The number of hydrogen-bond acceptors (Lipinski definition) is 4. The highest BCUT2D eigenvalue weighted by molar-refractivity contribution is 9.10. The van der Waals surface area contributed by atoms with Gasteiger partial charge >= 0.3 is 5.79 Å². The summed E-state index contributed by atoms with van der Waals surface area (Å²) in [5.74, 6) is -3.38. The van der Waals surface area contributed by atoms with E-state index in [1.54, 1.807) is 24.3 Å². The van der Waals surface area contributed by atoms with Crippen molar-refractivity contribution in [2.75, 3.05) is 0 Å². The first kappa shape index (κ1) is 17.6. The molecule has 0 unspecified atom stereocenters. The van der Waals surface area contributed by atoms with Crippen LogP contribution < -0.4 is 0 Å². The van der Waals surface area contributed by atoms with Crippen molar-refractivity contribution in [3.05, 3.63) is 106 Å². The molecule has 134 valence electrons. The molecule has 0 aliphatic carbocycles. The molecular formula is C22H16BrNO3. The largest absolute Gasteiger partial charge is 0.350 e. The van der Waals surface area contributed by atoms with Crippen LogP contribution in [-0.4, -0.2) is 22.4 Å². The zero-order valence-electron chi connectivity index (χ0n) is 14.2. The lowest BCUT2D eigenvalue weighted by molar-refractivity contribution is -0.155. The monoisotopic (exact) mass is 421 g/mol. The molecule has 1 aliphatic rings. The summed E-state index contributed by atoms with van der Waals surface area (Å²) in [5.41, 5.74) is 2.43. The minimum atomic E-state index is -2.11. The molecule has 0 saturated carbocycles. The quantitative estimate of drug-likeness (QED) is 0.629. The molecule has 4 nitrogen and oxygen atoms in total. The van der Waals surface area contributed by atoms with Crippen LogP contribution in [0.2, 0.25) is 0 Å². The lowest BCUT2D eigenvalue weighted by atomic mass is 9.80. The van der Waals surface area contributed by atoms with Gasteiger partial charge in [0, 0.05) is 15.6 Å². The van der Waals surface area contributed by atoms with Crippen molar-refractivity contribution in [1.82, 2.24) is 0 Å². The summed E-state index contributed by atoms with van der Waals surface area (Å²) < 4.78 is 0.846. The van der Waals surface area contributed by atoms with Gasteiger partial charge in [-0.15, -0.1) is 0 Å². The zero-order chi connectivity index (χ0) is 18.9. The molecule has 1 aliphatic heterocycles. The second-order valence-electron chi connectivity index (χ2n) is 6.31. The van der Waals surface area contributed by atoms with E-state index in [0.717, 1.165) is 15.6 Å². The number of rotatable bonds is 4. The highest BCUT2D eigenvalue weighted by atomic mass is 79.9. The maximum absolute atomic E-state index is 13.2. The Kier molecular flexibility index (Phi) is 4.64. The van der Waals surface area contributed by atoms with Crippen LogP contribution in [0.5, 0.6) is 0 Å². The Hall–Kier alpha value is -2.76. The van der Waals surface area contributed by atoms with Crippen LogP contribution >= 0.6 is 15.9 Å². The van der Waals surface area contributed by atoms with Crippen molar-refractivity contribution in [3.63, 3.8) is 0 Å². The van der Waals surface area contributed by atoms with Gasteiger partial charge in [-0.05, 0) is 17.7 Å². The van der Waals surface area contributed by atoms with E-state index in [1.165, 1.54) is 0 Å². The first-order valence-electron chi connectivity index (χ1n) is 8.49. The van der Waals surface area contributed by atoms with Crippen molar-refractivity contribution < 1.29 is 14.7 Å². The van der Waals surface area contributed by atoms with Crippen LogP contribution in [0.1, 0.15) is 27.4 Å². The van der Waals surface area contributed by atoms with E-state index in [9.17, 15) is 9.90 Å². The van der Waals surface area contributed by atoms with E-state index in [2.05, 4.69) is 21.1 Å². The first-order chi connectivity index (χ1) is 13.1. The summed E-state index contributed by atoms with van der Waals surface area (Å²) in [7, 11) is 0. The average Bonchev–Trinajstić information content (AvgIpc) is 3.08. The van der Waals surface area contributed by atoms with Crippen LogP contribution in [-0.2, 0) is 4.84 Å². The van der Waals surface area contributed by atoms with E-state index in [4.69, 9.17) is 4.84 Å². The van der Waals surface area contributed by atoms with Gasteiger partial charge in [0.05, 0.1) is 0 Å². The van der Waals surface area contributed by atoms with Gasteiger partial charge in [0.2, 0.25) is 5.78 Å². The second kappa shape index (κ2) is 7.10. The third kappa shape index (κ3) is 3.20. The molecule has 0 fully saturated rings. The van der Waals surface area contributed by atoms with Gasteiger partial charge in [-0.2, -0.15) is 0 Å². The maximum Gasteiger partial charge on any atom is 0.310 e. The Morgan fingerprint density at radius 1 is 0.926 bits per heavy atom. The number of halogens is 1. The Balaban J connectivity index is 1.80. The Morgan fingerprint density at radius 3 is 2.15 bits per heavy atom. The van der Waals surface area contributed by atoms with Crippen molar-refractivity contribution >= 4 is 27.4 Å². The third-order valence-corrected chi connectivity index (χ3v) is 5.11. The lowest BCUT2D eigenvalue weighted by Crippen LogP contribution is -2.45. The van der Waals surface area contributed by atoms with Gasteiger partial charge in [-0.25, -0.2) is 0 Å². The molecule has 0 aromatic heterocycles. The van der Waals surface area contributed by atoms with Crippen LogP contribution in [0.3, 0.4) is 0 Å². The van der Waals surface area contributed by atoms with Crippen molar-refractivity contribution in [3.8, 4) is 0 Å². The predicted molar refractivity (Wildman–Crippen MR) is 107 cm³/mol. The molecule has 4 rings (SSSR count). The van der Waals surface area contributed by atoms with E-state index in [0.29, 0.717) is 11.3 Å². The fourth-order valence-electron chi connectivity index (χ4n) is 3.25. The summed E-state index contributed by atoms with van der Waals surface area (Å²) in [4.78, 5) is 18.6. The number of ketones is 1. The Bertz CT molecular complexity index is 987. The van der Waals surface area contributed by atoms with E-state index >= 15 is 0 Å². The SMILES string of the molecule is O=C(c1ccc(Br)cc1)[C@@]1(O)ON=C(c2ccccc2)[C@H]1c1ccccc1. The minimum absolute atomic E-state index is 0.353. The number of carbonyl (C=O) groups is 1. The summed E-state index contributed by atoms with van der Waals surface area (Å²) in [6.45, 7) is 0.